The average molecular weight is 737 g/mol. The van der Waals surface area contributed by atoms with E-state index in [1.54, 1.807) is 0 Å². The van der Waals surface area contributed by atoms with Gasteiger partial charge in [-0.2, -0.15) is 0 Å². The van der Waals surface area contributed by atoms with Gasteiger partial charge in [0, 0.05) is 0 Å². The van der Waals surface area contributed by atoms with E-state index in [4.69, 9.17) is 0 Å². The van der Waals surface area contributed by atoms with Gasteiger partial charge < -0.3 is 15.3 Å². The van der Waals surface area contributed by atoms with Crippen LogP contribution in [0.2, 0.25) is 0 Å². The van der Waals surface area contributed by atoms with Crippen LogP contribution in [-0.2, 0) is 9.59 Å². The molecular formula is C47H92O5. The topological polar surface area (TPSA) is 94.8 Å². The summed E-state index contributed by atoms with van der Waals surface area (Å²) in [7, 11) is 0. The number of aliphatic hydroxyl groups excluding tert-OH is 1. The van der Waals surface area contributed by atoms with Crippen molar-refractivity contribution < 1.29 is 24.9 Å². The molecule has 4 atom stereocenters. The van der Waals surface area contributed by atoms with Crippen molar-refractivity contribution in [3.8, 4) is 0 Å². The van der Waals surface area contributed by atoms with Crippen LogP contribution in [0.4, 0.5) is 0 Å². The summed E-state index contributed by atoms with van der Waals surface area (Å²) in [6, 6.07) is 0. The number of hydrogen-bond donors (Lipinski definition) is 3. The molecule has 5 heteroatoms. The van der Waals surface area contributed by atoms with Crippen molar-refractivity contribution in [2.24, 2.45) is 23.7 Å². The normalized spacial score (nSPS) is 14.1. The highest BCUT2D eigenvalue weighted by Gasteiger charge is 2.28. The highest BCUT2D eigenvalue weighted by atomic mass is 16.4. The maximum Gasteiger partial charge on any atom is 0.306 e. The van der Waals surface area contributed by atoms with Crippen LogP contribution in [0.15, 0.2) is 0 Å². The van der Waals surface area contributed by atoms with Crippen molar-refractivity contribution in [3.05, 3.63) is 0 Å². The molecular weight excluding hydrogens is 645 g/mol. The highest BCUT2D eigenvalue weighted by molar-refractivity contribution is 5.70. The molecule has 0 aromatic heterocycles. The number of hydrogen-bond acceptors (Lipinski definition) is 3. The predicted molar refractivity (Wildman–Crippen MR) is 224 cm³/mol. The minimum atomic E-state index is -0.610. The number of carbonyl (C=O) groups is 2. The SMILES string of the molecule is CCCCCCCC(CCCCCCC)C(CCCCCCCCCCCCCC(C(=O)O)C(CCCCCCC)CCCC(O)CCC)C(=O)O. The van der Waals surface area contributed by atoms with E-state index in [0.717, 1.165) is 96.3 Å². The fraction of sp³-hybridized carbons (Fsp3) is 0.957. The van der Waals surface area contributed by atoms with E-state index in [0.29, 0.717) is 5.92 Å². The maximum absolute atomic E-state index is 12.4. The van der Waals surface area contributed by atoms with Crippen LogP contribution in [0.1, 0.15) is 259 Å². The first-order valence-corrected chi connectivity index (χ1v) is 23.5. The zero-order chi connectivity index (χ0) is 38.5. The van der Waals surface area contributed by atoms with Gasteiger partial charge in [0.15, 0.2) is 0 Å². The van der Waals surface area contributed by atoms with Gasteiger partial charge in [-0.1, -0.05) is 207 Å². The molecule has 0 bridgehead atoms. The number of aliphatic hydroxyl groups is 1. The van der Waals surface area contributed by atoms with E-state index in [-0.39, 0.29) is 23.9 Å². The minimum absolute atomic E-state index is 0.158. The van der Waals surface area contributed by atoms with E-state index in [9.17, 15) is 24.9 Å². The lowest BCUT2D eigenvalue weighted by Gasteiger charge is -2.25. The molecule has 0 saturated carbocycles. The summed E-state index contributed by atoms with van der Waals surface area (Å²) < 4.78 is 0. The fourth-order valence-corrected chi connectivity index (χ4v) is 8.66. The van der Waals surface area contributed by atoms with Crippen molar-refractivity contribution in [1.82, 2.24) is 0 Å². The molecule has 0 fully saturated rings. The molecule has 0 spiro atoms. The summed E-state index contributed by atoms with van der Waals surface area (Å²) in [5.74, 6) is -0.965. The van der Waals surface area contributed by atoms with E-state index < -0.39 is 11.9 Å². The van der Waals surface area contributed by atoms with Gasteiger partial charge in [0.25, 0.3) is 0 Å². The fourth-order valence-electron chi connectivity index (χ4n) is 8.66. The summed E-state index contributed by atoms with van der Waals surface area (Å²) in [5, 5.41) is 30.5. The largest absolute Gasteiger partial charge is 0.481 e. The Labute approximate surface area is 324 Å². The Morgan fingerprint density at radius 2 is 0.596 bits per heavy atom. The van der Waals surface area contributed by atoms with Gasteiger partial charge in [-0.3, -0.25) is 9.59 Å². The zero-order valence-electron chi connectivity index (χ0n) is 35.5. The molecule has 52 heavy (non-hydrogen) atoms. The van der Waals surface area contributed by atoms with Gasteiger partial charge in [0.2, 0.25) is 0 Å². The van der Waals surface area contributed by atoms with Gasteiger partial charge in [-0.25, -0.2) is 0 Å². The Bertz CT molecular complexity index is 755. The monoisotopic (exact) mass is 737 g/mol. The van der Waals surface area contributed by atoms with Gasteiger partial charge in [0.05, 0.1) is 17.9 Å². The first-order chi connectivity index (χ1) is 25.3. The van der Waals surface area contributed by atoms with Gasteiger partial charge in [-0.05, 0) is 63.2 Å². The second-order valence-corrected chi connectivity index (χ2v) is 16.9. The Balaban J connectivity index is 4.38. The number of unbranched alkanes of at least 4 members (excludes halogenated alkanes) is 22. The molecule has 0 aliphatic heterocycles. The smallest absolute Gasteiger partial charge is 0.306 e. The van der Waals surface area contributed by atoms with Crippen LogP contribution >= 0.6 is 0 Å². The molecule has 0 radical (unpaired) electrons. The van der Waals surface area contributed by atoms with E-state index in [1.807, 2.05) is 0 Å². The van der Waals surface area contributed by atoms with E-state index in [1.165, 1.54) is 135 Å². The molecule has 3 N–H and O–H groups in total. The van der Waals surface area contributed by atoms with E-state index in [2.05, 4.69) is 27.7 Å². The van der Waals surface area contributed by atoms with Crippen molar-refractivity contribution in [2.45, 2.75) is 265 Å². The summed E-state index contributed by atoms with van der Waals surface area (Å²) in [5.41, 5.74) is 0. The Hall–Kier alpha value is -1.10. The van der Waals surface area contributed by atoms with Gasteiger partial charge in [-0.15, -0.1) is 0 Å². The highest BCUT2D eigenvalue weighted by Crippen LogP contribution is 2.32. The quantitative estimate of drug-likeness (QED) is 0.0542. The first kappa shape index (κ1) is 50.9. The summed E-state index contributed by atoms with van der Waals surface area (Å²) in [6.07, 6.45) is 40.9. The molecule has 0 amide bonds. The summed E-state index contributed by atoms with van der Waals surface area (Å²) in [6.45, 7) is 8.84. The average Bonchev–Trinajstić information content (AvgIpc) is 3.11. The molecule has 0 aromatic rings. The summed E-state index contributed by atoms with van der Waals surface area (Å²) in [4.78, 5) is 24.7. The molecule has 0 saturated heterocycles. The van der Waals surface area contributed by atoms with Crippen molar-refractivity contribution >= 4 is 11.9 Å². The molecule has 0 aliphatic rings. The Kier molecular flexibility index (Phi) is 37.4. The molecule has 0 aliphatic carbocycles. The number of carboxylic acids is 2. The second kappa shape index (κ2) is 38.2. The molecule has 310 valence electrons. The van der Waals surface area contributed by atoms with Crippen LogP contribution in [0.5, 0.6) is 0 Å². The van der Waals surface area contributed by atoms with E-state index >= 15 is 0 Å². The lowest BCUT2D eigenvalue weighted by molar-refractivity contribution is -0.145. The summed E-state index contributed by atoms with van der Waals surface area (Å²) >= 11 is 0. The van der Waals surface area contributed by atoms with Crippen LogP contribution in [0.3, 0.4) is 0 Å². The second-order valence-electron chi connectivity index (χ2n) is 16.9. The molecule has 4 unspecified atom stereocenters. The predicted octanol–water partition coefficient (Wildman–Crippen LogP) is 15.1. The third-order valence-electron chi connectivity index (χ3n) is 12.1. The number of rotatable bonds is 42. The van der Waals surface area contributed by atoms with Crippen LogP contribution < -0.4 is 0 Å². The standard InChI is InChI=1S/C47H92O5/c1-5-9-12-22-27-34-41(35-28-23-13-10-6-2)44(46(49)50)39-30-25-20-18-16-15-17-19-21-26-31-40-45(47(51)52)42(36-29-24-14-11-7-3)37-32-38-43(48)33-8-4/h41-45,48H,5-40H2,1-4H3,(H,49,50)(H,51,52). The minimum Gasteiger partial charge on any atom is -0.481 e. The number of aliphatic carboxylic acids is 2. The first-order valence-electron chi connectivity index (χ1n) is 23.5. The Morgan fingerprint density at radius 3 is 0.885 bits per heavy atom. The number of carboxylic acid groups (broad SMARTS) is 2. The van der Waals surface area contributed by atoms with Crippen LogP contribution in [-0.4, -0.2) is 33.4 Å². The van der Waals surface area contributed by atoms with Crippen LogP contribution in [0.25, 0.3) is 0 Å². The third-order valence-corrected chi connectivity index (χ3v) is 12.1. The van der Waals surface area contributed by atoms with Gasteiger partial charge >= 0.3 is 11.9 Å². The molecule has 0 heterocycles. The third kappa shape index (κ3) is 30.3. The maximum atomic E-state index is 12.4. The van der Waals surface area contributed by atoms with Crippen molar-refractivity contribution in [2.75, 3.05) is 0 Å². The van der Waals surface area contributed by atoms with Gasteiger partial charge in [0.1, 0.15) is 0 Å². The molecule has 5 nitrogen and oxygen atoms in total. The zero-order valence-corrected chi connectivity index (χ0v) is 35.5. The van der Waals surface area contributed by atoms with Crippen molar-refractivity contribution in [1.29, 1.82) is 0 Å². The molecule has 0 rings (SSSR count). The lowest BCUT2D eigenvalue weighted by atomic mass is 9.80. The van der Waals surface area contributed by atoms with Crippen molar-refractivity contribution in [3.63, 3.8) is 0 Å². The molecule has 0 aromatic carbocycles. The lowest BCUT2D eigenvalue weighted by Crippen LogP contribution is -2.24. The Morgan fingerprint density at radius 1 is 0.327 bits per heavy atom. The van der Waals surface area contributed by atoms with Crippen LogP contribution in [0, 0.1) is 23.7 Å².